The number of carbonyl (C=O) groups excluding carboxylic acids is 1. The molecule has 0 aliphatic carbocycles. The SMILES string of the molecule is Cc1ccc(NC(=O)CCc2nc(-c3ccccn3)cs2)cc1C. The summed E-state index contributed by atoms with van der Waals surface area (Å²) in [6.45, 7) is 4.10. The van der Waals surface area contributed by atoms with Crippen molar-refractivity contribution in [1.82, 2.24) is 9.97 Å². The normalized spacial score (nSPS) is 10.6. The molecule has 0 unspecified atom stereocenters. The van der Waals surface area contributed by atoms with Gasteiger partial charge in [0.05, 0.1) is 16.4 Å². The molecule has 2 heterocycles. The number of carbonyl (C=O) groups is 1. The Morgan fingerprint density at radius 3 is 2.75 bits per heavy atom. The van der Waals surface area contributed by atoms with Crippen LogP contribution >= 0.6 is 11.3 Å². The molecule has 3 aromatic rings. The zero-order chi connectivity index (χ0) is 16.9. The molecule has 1 aromatic carbocycles. The van der Waals surface area contributed by atoms with Crippen LogP contribution < -0.4 is 5.32 Å². The third kappa shape index (κ3) is 4.06. The van der Waals surface area contributed by atoms with Crippen molar-refractivity contribution in [1.29, 1.82) is 0 Å². The minimum Gasteiger partial charge on any atom is -0.326 e. The van der Waals surface area contributed by atoms with E-state index in [4.69, 9.17) is 0 Å². The Bertz CT molecular complexity index is 843. The zero-order valence-electron chi connectivity index (χ0n) is 13.7. The summed E-state index contributed by atoms with van der Waals surface area (Å²) in [5.41, 5.74) is 4.96. The third-order valence-electron chi connectivity index (χ3n) is 3.84. The van der Waals surface area contributed by atoms with Crippen molar-refractivity contribution in [3.05, 3.63) is 64.1 Å². The summed E-state index contributed by atoms with van der Waals surface area (Å²) in [5.74, 6) is 0.00726. The van der Waals surface area contributed by atoms with Gasteiger partial charge in [-0.3, -0.25) is 9.78 Å². The van der Waals surface area contributed by atoms with Crippen LogP contribution in [0.4, 0.5) is 5.69 Å². The molecule has 24 heavy (non-hydrogen) atoms. The summed E-state index contributed by atoms with van der Waals surface area (Å²) in [7, 11) is 0. The van der Waals surface area contributed by atoms with E-state index in [1.165, 1.54) is 11.1 Å². The van der Waals surface area contributed by atoms with Crippen molar-refractivity contribution >= 4 is 22.9 Å². The standard InChI is InChI=1S/C19H19N3OS/c1-13-6-7-15(11-14(13)2)21-18(23)8-9-19-22-17(12-24-19)16-5-3-4-10-20-16/h3-7,10-12H,8-9H2,1-2H3,(H,21,23). The summed E-state index contributed by atoms with van der Waals surface area (Å²) in [6.07, 6.45) is 2.81. The van der Waals surface area contributed by atoms with E-state index in [9.17, 15) is 4.79 Å². The van der Waals surface area contributed by atoms with Crippen LogP contribution in [0.5, 0.6) is 0 Å². The molecule has 0 fully saturated rings. The van der Waals surface area contributed by atoms with E-state index in [-0.39, 0.29) is 5.91 Å². The van der Waals surface area contributed by atoms with Crippen molar-refractivity contribution in [3.63, 3.8) is 0 Å². The van der Waals surface area contributed by atoms with Gasteiger partial charge in [-0.15, -0.1) is 11.3 Å². The van der Waals surface area contributed by atoms with Crippen LogP contribution in [0.15, 0.2) is 48.0 Å². The first kappa shape index (κ1) is 16.3. The first-order valence-electron chi connectivity index (χ1n) is 7.85. The number of rotatable bonds is 5. The van der Waals surface area contributed by atoms with Gasteiger partial charge < -0.3 is 5.32 Å². The van der Waals surface area contributed by atoms with Crippen molar-refractivity contribution in [2.75, 3.05) is 5.32 Å². The van der Waals surface area contributed by atoms with Crippen LogP contribution in [0, 0.1) is 13.8 Å². The van der Waals surface area contributed by atoms with E-state index in [2.05, 4.69) is 22.2 Å². The molecule has 0 atom stereocenters. The molecule has 122 valence electrons. The van der Waals surface area contributed by atoms with Crippen molar-refractivity contribution < 1.29 is 4.79 Å². The van der Waals surface area contributed by atoms with Crippen molar-refractivity contribution in [3.8, 4) is 11.4 Å². The lowest BCUT2D eigenvalue weighted by Crippen LogP contribution is -2.12. The number of nitrogens with zero attached hydrogens (tertiary/aromatic N) is 2. The highest BCUT2D eigenvalue weighted by atomic mass is 32.1. The van der Waals surface area contributed by atoms with E-state index in [0.717, 1.165) is 22.1 Å². The molecule has 2 aromatic heterocycles. The van der Waals surface area contributed by atoms with Gasteiger partial charge in [0.15, 0.2) is 0 Å². The largest absolute Gasteiger partial charge is 0.326 e. The molecule has 0 aliphatic rings. The number of aromatic nitrogens is 2. The lowest BCUT2D eigenvalue weighted by Gasteiger charge is -2.07. The minimum absolute atomic E-state index is 0.00726. The van der Waals surface area contributed by atoms with E-state index in [1.54, 1.807) is 17.5 Å². The summed E-state index contributed by atoms with van der Waals surface area (Å²) in [4.78, 5) is 21.0. The highest BCUT2D eigenvalue weighted by molar-refractivity contribution is 7.09. The molecule has 0 saturated carbocycles. The van der Waals surface area contributed by atoms with Gasteiger partial charge in [-0.2, -0.15) is 0 Å². The molecule has 1 amide bonds. The summed E-state index contributed by atoms with van der Waals surface area (Å²) in [6, 6.07) is 11.7. The fraction of sp³-hybridized carbons (Fsp3) is 0.211. The molecular formula is C19H19N3OS. The fourth-order valence-electron chi connectivity index (χ4n) is 2.32. The van der Waals surface area contributed by atoms with Crippen molar-refractivity contribution in [2.24, 2.45) is 0 Å². The number of anilines is 1. The molecule has 0 radical (unpaired) electrons. The Hall–Kier alpha value is -2.53. The molecule has 4 nitrogen and oxygen atoms in total. The number of nitrogens with one attached hydrogen (secondary N) is 1. The Labute approximate surface area is 145 Å². The van der Waals surface area contributed by atoms with Gasteiger partial charge >= 0.3 is 0 Å². The van der Waals surface area contributed by atoms with Crippen LogP contribution in [-0.4, -0.2) is 15.9 Å². The van der Waals surface area contributed by atoms with Crippen LogP contribution in [0.3, 0.4) is 0 Å². The first-order valence-corrected chi connectivity index (χ1v) is 8.73. The van der Waals surface area contributed by atoms with E-state index >= 15 is 0 Å². The van der Waals surface area contributed by atoms with Crippen LogP contribution in [-0.2, 0) is 11.2 Å². The molecule has 3 rings (SSSR count). The number of aryl methyl sites for hydroxylation is 3. The second kappa shape index (κ2) is 7.36. The lowest BCUT2D eigenvalue weighted by molar-refractivity contribution is -0.116. The van der Waals surface area contributed by atoms with Gasteiger partial charge in [-0.25, -0.2) is 4.98 Å². The predicted octanol–water partition coefficient (Wildman–Crippen LogP) is 4.39. The lowest BCUT2D eigenvalue weighted by atomic mass is 10.1. The van der Waals surface area contributed by atoms with Crippen molar-refractivity contribution in [2.45, 2.75) is 26.7 Å². The Balaban J connectivity index is 1.56. The van der Waals surface area contributed by atoms with Gasteiger partial charge in [0.25, 0.3) is 0 Å². The maximum atomic E-state index is 12.1. The maximum absolute atomic E-state index is 12.1. The molecule has 0 bridgehead atoms. The number of hydrogen-bond donors (Lipinski definition) is 1. The first-order chi connectivity index (χ1) is 11.6. The zero-order valence-corrected chi connectivity index (χ0v) is 14.6. The van der Waals surface area contributed by atoms with Gasteiger partial charge in [0.1, 0.15) is 0 Å². The average Bonchev–Trinajstić information content (AvgIpc) is 3.06. The molecule has 0 aliphatic heterocycles. The van der Waals surface area contributed by atoms with E-state index in [1.807, 2.05) is 48.7 Å². The quantitative estimate of drug-likeness (QED) is 0.751. The van der Waals surface area contributed by atoms with Crippen LogP contribution in [0.1, 0.15) is 22.6 Å². The Morgan fingerprint density at radius 2 is 2.00 bits per heavy atom. The van der Waals surface area contributed by atoms with Gasteiger partial charge in [0.2, 0.25) is 5.91 Å². The smallest absolute Gasteiger partial charge is 0.224 e. The highest BCUT2D eigenvalue weighted by Crippen LogP contribution is 2.21. The highest BCUT2D eigenvalue weighted by Gasteiger charge is 2.08. The van der Waals surface area contributed by atoms with E-state index in [0.29, 0.717) is 12.8 Å². The number of benzene rings is 1. The Morgan fingerprint density at radius 1 is 1.12 bits per heavy atom. The Kier molecular flexibility index (Phi) is 5.01. The maximum Gasteiger partial charge on any atom is 0.224 e. The number of pyridine rings is 1. The summed E-state index contributed by atoms with van der Waals surface area (Å²) in [5, 5.41) is 5.88. The van der Waals surface area contributed by atoms with Gasteiger partial charge in [-0.1, -0.05) is 12.1 Å². The molecule has 5 heteroatoms. The number of hydrogen-bond acceptors (Lipinski definition) is 4. The average molecular weight is 337 g/mol. The predicted molar refractivity (Wildman–Crippen MR) is 98.2 cm³/mol. The van der Waals surface area contributed by atoms with E-state index < -0.39 is 0 Å². The van der Waals surface area contributed by atoms with Crippen LogP contribution in [0.25, 0.3) is 11.4 Å². The third-order valence-corrected chi connectivity index (χ3v) is 4.74. The molecule has 1 N–H and O–H groups in total. The monoisotopic (exact) mass is 337 g/mol. The summed E-state index contributed by atoms with van der Waals surface area (Å²) < 4.78 is 0. The van der Waals surface area contributed by atoms with Gasteiger partial charge in [-0.05, 0) is 49.2 Å². The number of amides is 1. The molecule has 0 spiro atoms. The second-order valence-corrected chi connectivity index (χ2v) is 6.63. The second-order valence-electron chi connectivity index (χ2n) is 5.69. The topological polar surface area (TPSA) is 54.9 Å². The van der Waals surface area contributed by atoms with Gasteiger partial charge in [0, 0.05) is 30.1 Å². The number of thiazole rings is 1. The minimum atomic E-state index is 0.00726. The summed E-state index contributed by atoms with van der Waals surface area (Å²) >= 11 is 1.57. The fourth-order valence-corrected chi connectivity index (χ4v) is 3.11. The molecular weight excluding hydrogens is 318 g/mol. The molecule has 0 saturated heterocycles. The van der Waals surface area contributed by atoms with Crippen LogP contribution in [0.2, 0.25) is 0 Å².